The molecule has 2 N–H and O–H groups in total. The summed E-state index contributed by atoms with van der Waals surface area (Å²) in [6.45, 7) is 5.22. The van der Waals surface area contributed by atoms with Crippen LogP contribution in [0.1, 0.15) is 22.0 Å². The smallest absolute Gasteiger partial charge is 0.226 e. The van der Waals surface area contributed by atoms with Gasteiger partial charge < -0.3 is 15.1 Å². The van der Waals surface area contributed by atoms with Crippen LogP contribution in [0, 0.1) is 13.8 Å². The molecule has 0 aliphatic carbocycles. The molecule has 0 atom stereocenters. The van der Waals surface area contributed by atoms with E-state index in [4.69, 9.17) is 4.42 Å². The van der Waals surface area contributed by atoms with Crippen LogP contribution in [0.2, 0.25) is 0 Å². The lowest BCUT2D eigenvalue weighted by molar-refractivity contribution is 0.572. The summed E-state index contributed by atoms with van der Waals surface area (Å²) in [5, 5.41) is 9.54. The van der Waals surface area contributed by atoms with Crippen molar-refractivity contribution in [1.82, 2.24) is 20.6 Å². The highest BCUT2D eigenvalue weighted by molar-refractivity contribution is 14.0. The van der Waals surface area contributed by atoms with Gasteiger partial charge in [0.25, 0.3) is 0 Å². The second-order valence-electron chi connectivity index (χ2n) is 5.67. The lowest BCUT2D eigenvalue weighted by Gasteiger charge is -2.09. The normalized spacial score (nSPS) is 11.1. The number of guanidine groups is 1. The van der Waals surface area contributed by atoms with Crippen LogP contribution in [-0.2, 0) is 13.1 Å². The Morgan fingerprint density at radius 3 is 2.50 bits per heavy atom. The Balaban J connectivity index is 0.00000243. The van der Waals surface area contributed by atoms with E-state index in [1.54, 1.807) is 24.6 Å². The topological polar surface area (TPSA) is 75.3 Å². The zero-order valence-corrected chi connectivity index (χ0v) is 18.1. The number of thiazole rings is 1. The number of aliphatic imine (C=N–C) groups is 1. The molecule has 26 heavy (non-hydrogen) atoms. The minimum Gasteiger partial charge on any atom is -0.444 e. The van der Waals surface area contributed by atoms with Crippen molar-refractivity contribution < 1.29 is 4.42 Å². The third kappa shape index (κ3) is 5.53. The van der Waals surface area contributed by atoms with Crippen molar-refractivity contribution in [2.75, 3.05) is 7.05 Å². The van der Waals surface area contributed by atoms with Crippen molar-refractivity contribution in [2.24, 2.45) is 4.99 Å². The van der Waals surface area contributed by atoms with Gasteiger partial charge in [0.2, 0.25) is 5.89 Å². The van der Waals surface area contributed by atoms with E-state index in [2.05, 4.69) is 32.5 Å². The van der Waals surface area contributed by atoms with Crippen molar-refractivity contribution in [3.8, 4) is 11.5 Å². The van der Waals surface area contributed by atoms with E-state index >= 15 is 0 Å². The van der Waals surface area contributed by atoms with Crippen molar-refractivity contribution in [3.63, 3.8) is 0 Å². The van der Waals surface area contributed by atoms with E-state index in [0.717, 1.165) is 22.0 Å². The number of nitrogens with zero attached hydrogens (tertiary/aromatic N) is 3. The Bertz CT molecular complexity index is 857. The zero-order valence-electron chi connectivity index (χ0n) is 14.9. The average Bonchev–Trinajstić information content (AvgIpc) is 3.25. The van der Waals surface area contributed by atoms with Crippen molar-refractivity contribution in [3.05, 3.63) is 57.9 Å². The van der Waals surface area contributed by atoms with Crippen LogP contribution < -0.4 is 10.6 Å². The number of hydrogen-bond acceptors (Lipinski definition) is 5. The summed E-state index contributed by atoms with van der Waals surface area (Å²) >= 11 is 1.63. The van der Waals surface area contributed by atoms with Gasteiger partial charge in [0.15, 0.2) is 5.96 Å². The standard InChI is InChI=1S/C18H21N5OS.HI/c1-12-4-6-14(7-5-12)17-23-15(10-24-17)8-20-18(19-3)21-9-16-22-13(2)11-25-16;/h4-7,10-11H,8-9H2,1-3H3,(H2,19,20,21);1H. The van der Waals surface area contributed by atoms with Gasteiger partial charge in [0.05, 0.1) is 18.8 Å². The minimum absolute atomic E-state index is 0. The van der Waals surface area contributed by atoms with Crippen molar-refractivity contribution in [2.45, 2.75) is 26.9 Å². The number of aryl methyl sites for hydroxylation is 2. The van der Waals surface area contributed by atoms with Crippen molar-refractivity contribution in [1.29, 1.82) is 0 Å². The molecular formula is C18H22IN5OS. The molecule has 0 spiro atoms. The molecule has 138 valence electrons. The maximum atomic E-state index is 5.57. The Morgan fingerprint density at radius 2 is 1.85 bits per heavy atom. The van der Waals surface area contributed by atoms with Crippen LogP contribution in [0.5, 0.6) is 0 Å². The number of nitrogens with one attached hydrogen (secondary N) is 2. The molecule has 1 aromatic carbocycles. The van der Waals surface area contributed by atoms with Crippen LogP contribution in [0.4, 0.5) is 0 Å². The van der Waals surface area contributed by atoms with Gasteiger partial charge in [0.1, 0.15) is 11.3 Å². The first-order chi connectivity index (χ1) is 12.1. The molecule has 0 saturated carbocycles. The Kier molecular flexibility index (Phi) is 7.58. The molecule has 0 fully saturated rings. The van der Waals surface area contributed by atoms with Gasteiger partial charge in [0, 0.05) is 23.7 Å². The molecule has 0 aliphatic rings. The fourth-order valence-corrected chi connectivity index (χ4v) is 2.97. The number of hydrogen-bond donors (Lipinski definition) is 2. The molecule has 2 aromatic heterocycles. The summed E-state index contributed by atoms with van der Waals surface area (Å²) in [6, 6.07) is 8.11. The van der Waals surface area contributed by atoms with E-state index in [1.807, 2.05) is 36.6 Å². The molecule has 0 bridgehead atoms. The second kappa shape index (κ2) is 9.67. The highest BCUT2D eigenvalue weighted by atomic mass is 127. The van der Waals surface area contributed by atoms with Crippen molar-refractivity contribution >= 4 is 41.3 Å². The zero-order chi connectivity index (χ0) is 17.6. The van der Waals surface area contributed by atoms with E-state index < -0.39 is 0 Å². The van der Waals surface area contributed by atoms with Gasteiger partial charge in [-0.1, -0.05) is 17.7 Å². The summed E-state index contributed by atoms with van der Waals surface area (Å²) in [6.07, 6.45) is 1.67. The summed E-state index contributed by atoms with van der Waals surface area (Å²) in [5.74, 6) is 1.32. The van der Waals surface area contributed by atoms with Gasteiger partial charge in [-0.05, 0) is 26.0 Å². The van der Waals surface area contributed by atoms with Crippen LogP contribution in [0.15, 0.2) is 45.3 Å². The maximum Gasteiger partial charge on any atom is 0.226 e. The summed E-state index contributed by atoms with van der Waals surface area (Å²) in [7, 11) is 1.74. The van der Waals surface area contributed by atoms with Crippen LogP contribution >= 0.6 is 35.3 Å². The first-order valence-electron chi connectivity index (χ1n) is 8.01. The molecule has 0 amide bonds. The Morgan fingerprint density at radius 1 is 1.12 bits per heavy atom. The van der Waals surface area contributed by atoms with Crippen LogP contribution in [0.25, 0.3) is 11.5 Å². The number of oxazole rings is 1. The van der Waals surface area contributed by atoms with Gasteiger partial charge in [-0.25, -0.2) is 9.97 Å². The maximum absolute atomic E-state index is 5.57. The molecule has 0 aliphatic heterocycles. The predicted octanol–water partition coefficient (Wildman–Crippen LogP) is 3.90. The van der Waals surface area contributed by atoms with Crippen LogP contribution in [0.3, 0.4) is 0 Å². The van der Waals surface area contributed by atoms with Crippen LogP contribution in [-0.4, -0.2) is 23.0 Å². The van der Waals surface area contributed by atoms with E-state index in [-0.39, 0.29) is 24.0 Å². The number of halogens is 1. The molecular weight excluding hydrogens is 461 g/mol. The number of aromatic nitrogens is 2. The number of benzene rings is 1. The largest absolute Gasteiger partial charge is 0.444 e. The molecule has 6 nitrogen and oxygen atoms in total. The van der Waals surface area contributed by atoms with E-state index in [0.29, 0.717) is 24.9 Å². The lowest BCUT2D eigenvalue weighted by Crippen LogP contribution is -2.36. The first kappa shape index (κ1) is 20.4. The van der Waals surface area contributed by atoms with Gasteiger partial charge in [-0.3, -0.25) is 4.99 Å². The molecule has 8 heteroatoms. The van der Waals surface area contributed by atoms with E-state index in [1.165, 1.54) is 5.56 Å². The van der Waals surface area contributed by atoms with E-state index in [9.17, 15) is 0 Å². The van der Waals surface area contributed by atoms with Gasteiger partial charge >= 0.3 is 0 Å². The lowest BCUT2D eigenvalue weighted by atomic mass is 10.1. The fraction of sp³-hybridized carbons (Fsp3) is 0.278. The summed E-state index contributed by atoms with van der Waals surface area (Å²) < 4.78 is 5.57. The fourth-order valence-electron chi connectivity index (χ4n) is 2.26. The molecule has 0 saturated heterocycles. The molecule has 0 unspecified atom stereocenters. The minimum atomic E-state index is 0. The van der Waals surface area contributed by atoms with Gasteiger partial charge in [-0.2, -0.15) is 0 Å². The molecule has 3 aromatic rings. The molecule has 2 heterocycles. The number of rotatable bonds is 5. The monoisotopic (exact) mass is 483 g/mol. The Hall–Kier alpha value is -1.94. The summed E-state index contributed by atoms with van der Waals surface area (Å²) in [4.78, 5) is 13.2. The SMILES string of the molecule is CN=C(NCc1coc(-c2ccc(C)cc2)n1)NCc1nc(C)cs1.I. The highest BCUT2D eigenvalue weighted by Gasteiger charge is 2.07. The highest BCUT2D eigenvalue weighted by Crippen LogP contribution is 2.19. The molecule has 0 radical (unpaired) electrons. The average molecular weight is 483 g/mol. The third-order valence-corrected chi connectivity index (χ3v) is 4.55. The Labute approximate surface area is 174 Å². The summed E-state index contributed by atoms with van der Waals surface area (Å²) in [5.41, 5.74) is 4.04. The first-order valence-corrected chi connectivity index (χ1v) is 8.89. The second-order valence-corrected chi connectivity index (χ2v) is 6.61. The third-order valence-electron chi connectivity index (χ3n) is 3.58. The quantitative estimate of drug-likeness (QED) is 0.327. The molecule has 3 rings (SSSR count). The van der Waals surface area contributed by atoms with Gasteiger partial charge in [-0.15, -0.1) is 35.3 Å². The predicted molar refractivity (Wildman–Crippen MR) is 116 cm³/mol.